The maximum Gasteiger partial charge on any atom is 0.328 e. The van der Waals surface area contributed by atoms with E-state index in [1.54, 1.807) is 13.1 Å². The Bertz CT molecular complexity index is 540. The van der Waals surface area contributed by atoms with Gasteiger partial charge in [-0.15, -0.1) is 0 Å². The predicted molar refractivity (Wildman–Crippen MR) is 61.0 cm³/mol. The molecule has 1 aliphatic rings. The Morgan fingerprint density at radius 1 is 1.50 bits per heavy atom. The second kappa shape index (κ2) is 3.96. The second-order valence-corrected chi connectivity index (χ2v) is 3.92. The number of nitrogens with zero attached hydrogens (tertiary/aromatic N) is 3. The third-order valence-electron chi connectivity index (χ3n) is 2.67. The van der Waals surface area contributed by atoms with Crippen molar-refractivity contribution in [3.05, 3.63) is 32.6 Å². The van der Waals surface area contributed by atoms with Crippen LogP contribution in [0.4, 0.5) is 0 Å². The molecule has 2 rings (SSSR count). The molecule has 0 amide bonds. The summed E-state index contributed by atoms with van der Waals surface area (Å²) >= 11 is 0. The maximum atomic E-state index is 11.5. The Morgan fingerprint density at radius 3 is 2.88 bits per heavy atom. The zero-order valence-electron chi connectivity index (χ0n) is 9.36. The van der Waals surface area contributed by atoms with E-state index >= 15 is 0 Å². The SMILES string of the molecule is Cc1cn(CC2=NCCN2C)c(=O)[nH]c1=O. The number of aryl methyl sites for hydroxylation is 1. The summed E-state index contributed by atoms with van der Waals surface area (Å²) in [6, 6.07) is 0. The Kier molecular flexibility index (Phi) is 2.64. The van der Waals surface area contributed by atoms with Gasteiger partial charge in [0.05, 0.1) is 13.1 Å². The molecule has 1 N–H and O–H groups in total. The lowest BCUT2D eigenvalue weighted by molar-refractivity contribution is 0.534. The average molecular weight is 222 g/mol. The van der Waals surface area contributed by atoms with E-state index in [4.69, 9.17) is 0 Å². The van der Waals surface area contributed by atoms with Crippen LogP contribution in [0.1, 0.15) is 5.56 Å². The van der Waals surface area contributed by atoms with Crippen molar-refractivity contribution in [2.24, 2.45) is 4.99 Å². The highest BCUT2D eigenvalue weighted by atomic mass is 16.2. The number of nitrogens with one attached hydrogen (secondary N) is 1. The normalized spacial score (nSPS) is 15.4. The number of aromatic amines is 1. The van der Waals surface area contributed by atoms with Crippen molar-refractivity contribution in [2.45, 2.75) is 13.5 Å². The molecule has 0 radical (unpaired) electrons. The molecule has 0 atom stereocenters. The molecule has 16 heavy (non-hydrogen) atoms. The largest absolute Gasteiger partial charge is 0.360 e. The van der Waals surface area contributed by atoms with Crippen molar-refractivity contribution in [1.82, 2.24) is 14.5 Å². The molecule has 6 heteroatoms. The van der Waals surface area contributed by atoms with Crippen LogP contribution in [-0.2, 0) is 6.54 Å². The lowest BCUT2D eigenvalue weighted by Crippen LogP contribution is -2.35. The number of likely N-dealkylation sites (N-methyl/N-ethyl adjacent to an activating group) is 1. The maximum absolute atomic E-state index is 11.5. The summed E-state index contributed by atoms with van der Waals surface area (Å²) in [5.41, 5.74) is -0.192. The van der Waals surface area contributed by atoms with E-state index in [2.05, 4.69) is 9.98 Å². The molecule has 0 aromatic carbocycles. The van der Waals surface area contributed by atoms with Gasteiger partial charge in [-0.05, 0) is 6.92 Å². The number of hydrogen-bond donors (Lipinski definition) is 1. The molecule has 0 aliphatic carbocycles. The van der Waals surface area contributed by atoms with Gasteiger partial charge in [0.1, 0.15) is 5.84 Å². The first-order valence-electron chi connectivity index (χ1n) is 5.13. The van der Waals surface area contributed by atoms with Crippen molar-refractivity contribution in [3.8, 4) is 0 Å². The minimum absolute atomic E-state index is 0.331. The van der Waals surface area contributed by atoms with Gasteiger partial charge in [0.25, 0.3) is 5.56 Å². The van der Waals surface area contributed by atoms with Crippen LogP contribution in [-0.4, -0.2) is 40.4 Å². The zero-order valence-corrected chi connectivity index (χ0v) is 9.36. The molecule has 0 saturated carbocycles. The van der Waals surface area contributed by atoms with Gasteiger partial charge in [0, 0.05) is 25.4 Å². The Labute approximate surface area is 92.2 Å². The number of amidine groups is 1. The standard InChI is InChI=1S/C10H14N4O2/c1-7-5-14(10(16)12-9(7)15)6-8-11-3-4-13(8)2/h5H,3-4,6H2,1-2H3,(H,12,15,16). The van der Waals surface area contributed by atoms with Gasteiger partial charge < -0.3 is 4.90 Å². The highest BCUT2D eigenvalue weighted by Gasteiger charge is 2.13. The van der Waals surface area contributed by atoms with Gasteiger partial charge in [-0.2, -0.15) is 0 Å². The van der Waals surface area contributed by atoms with Gasteiger partial charge in [-0.1, -0.05) is 0 Å². The molecule has 0 spiro atoms. The minimum Gasteiger partial charge on any atom is -0.360 e. The van der Waals surface area contributed by atoms with Gasteiger partial charge in [-0.3, -0.25) is 19.3 Å². The fourth-order valence-electron chi connectivity index (χ4n) is 1.64. The minimum atomic E-state index is -0.390. The number of hydrogen-bond acceptors (Lipinski definition) is 4. The van der Waals surface area contributed by atoms with Crippen LogP contribution in [0.2, 0.25) is 0 Å². The Morgan fingerprint density at radius 2 is 2.25 bits per heavy atom. The van der Waals surface area contributed by atoms with E-state index < -0.39 is 5.69 Å². The first-order valence-corrected chi connectivity index (χ1v) is 5.13. The number of aliphatic imine (C=N–C) groups is 1. The molecular weight excluding hydrogens is 208 g/mol. The highest BCUT2D eigenvalue weighted by molar-refractivity contribution is 5.83. The van der Waals surface area contributed by atoms with E-state index in [-0.39, 0.29) is 5.56 Å². The molecule has 1 aromatic heterocycles. The molecule has 1 aliphatic heterocycles. The van der Waals surface area contributed by atoms with Crippen molar-refractivity contribution >= 4 is 5.84 Å². The Balaban J connectivity index is 2.32. The monoisotopic (exact) mass is 222 g/mol. The van der Waals surface area contributed by atoms with Crippen LogP contribution in [0, 0.1) is 6.92 Å². The smallest absolute Gasteiger partial charge is 0.328 e. The summed E-state index contributed by atoms with van der Waals surface area (Å²) in [7, 11) is 1.94. The van der Waals surface area contributed by atoms with Crippen LogP contribution in [0.25, 0.3) is 0 Å². The van der Waals surface area contributed by atoms with Crippen molar-refractivity contribution in [1.29, 1.82) is 0 Å². The summed E-state index contributed by atoms with van der Waals surface area (Å²) in [6.07, 6.45) is 1.57. The van der Waals surface area contributed by atoms with Crippen LogP contribution >= 0.6 is 0 Å². The number of aromatic nitrogens is 2. The van der Waals surface area contributed by atoms with Crippen LogP contribution in [0.3, 0.4) is 0 Å². The molecule has 0 saturated heterocycles. The summed E-state index contributed by atoms with van der Waals surface area (Å²) in [5, 5.41) is 0. The van der Waals surface area contributed by atoms with Gasteiger partial charge in [0.2, 0.25) is 0 Å². The van der Waals surface area contributed by atoms with Crippen molar-refractivity contribution < 1.29 is 0 Å². The summed E-state index contributed by atoms with van der Waals surface area (Å²) in [4.78, 5) is 31.3. The molecule has 1 aromatic rings. The van der Waals surface area contributed by atoms with Gasteiger partial charge in [-0.25, -0.2) is 4.79 Å². The molecule has 6 nitrogen and oxygen atoms in total. The average Bonchev–Trinajstić information content (AvgIpc) is 2.61. The van der Waals surface area contributed by atoms with Crippen LogP contribution < -0.4 is 11.2 Å². The van der Waals surface area contributed by atoms with E-state index in [0.29, 0.717) is 12.1 Å². The first kappa shape index (κ1) is 10.7. The fourth-order valence-corrected chi connectivity index (χ4v) is 1.64. The van der Waals surface area contributed by atoms with Crippen molar-refractivity contribution in [3.63, 3.8) is 0 Å². The summed E-state index contributed by atoms with van der Waals surface area (Å²) < 4.78 is 1.47. The fraction of sp³-hybridized carbons (Fsp3) is 0.500. The van der Waals surface area contributed by atoms with Crippen LogP contribution in [0.15, 0.2) is 20.8 Å². The van der Waals surface area contributed by atoms with E-state index in [1.807, 2.05) is 11.9 Å². The third kappa shape index (κ3) is 1.91. The van der Waals surface area contributed by atoms with E-state index in [1.165, 1.54) is 4.57 Å². The molecule has 2 heterocycles. The second-order valence-electron chi connectivity index (χ2n) is 3.92. The molecule has 86 valence electrons. The van der Waals surface area contributed by atoms with Crippen molar-refractivity contribution in [2.75, 3.05) is 20.1 Å². The first-order chi connectivity index (χ1) is 7.58. The zero-order chi connectivity index (χ0) is 11.7. The van der Waals surface area contributed by atoms with Gasteiger partial charge >= 0.3 is 5.69 Å². The highest BCUT2D eigenvalue weighted by Crippen LogP contribution is 1.99. The lowest BCUT2D eigenvalue weighted by Gasteiger charge is -2.14. The summed E-state index contributed by atoms with van der Waals surface area (Å²) in [6.45, 7) is 3.73. The molecule has 0 fully saturated rings. The summed E-state index contributed by atoms with van der Waals surface area (Å²) in [5.74, 6) is 0.869. The topological polar surface area (TPSA) is 70.5 Å². The molecular formula is C10H14N4O2. The van der Waals surface area contributed by atoms with E-state index in [0.717, 1.165) is 18.9 Å². The van der Waals surface area contributed by atoms with Gasteiger partial charge in [0.15, 0.2) is 0 Å². The number of rotatable bonds is 2. The Hall–Kier alpha value is -1.85. The van der Waals surface area contributed by atoms with Crippen LogP contribution in [0.5, 0.6) is 0 Å². The molecule has 0 unspecified atom stereocenters. The van der Waals surface area contributed by atoms with E-state index in [9.17, 15) is 9.59 Å². The molecule has 0 bridgehead atoms. The third-order valence-corrected chi connectivity index (χ3v) is 2.67. The number of H-pyrrole nitrogens is 1. The quantitative estimate of drug-likeness (QED) is 0.711. The lowest BCUT2D eigenvalue weighted by atomic mass is 10.4. The predicted octanol–water partition coefficient (Wildman–Crippen LogP) is -0.811.